The number of anilines is 1. The number of carbonyl (C=O) groups is 1. The van der Waals surface area contributed by atoms with Crippen LogP contribution in [0.1, 0.15) is 69.7 Å². The molecule has 0 aliphatic heterocycles. The lowest BCUT2D eigenvalue weighted by atomic mass is 10.1. The molecule has 8 nitrogen and oxygen atoms in total. The van der Waals surface area contributed by atoms with Crippen LogP contribution in [0.25, 0.3) is 16.6 Å². The van der Waals surface area contributed by atoms with Gasteiger partial charge in [-0.1, -0.05) is 25.3 Å². The molecule has 0 bridgehead atoms. The van der Waals surface area contributed by atoms with Crippen molar-refractivity contribution < 1.29 is 32.4 Å². The van der Waals surface area contributed by atoms with Gasteiger partial charge in [0, 0.05) is 72.7 Å². The molecular weight excluding hydrogens is 652 g/mol. The van der Waals surface area contributed by atoms with E-state index in [2.05, 4.69) is 17.0 Å². The number of benzene rings is 3. The van der Waals surface area contributed by atoms with E-state index in [-0.39, 0.29) is 23.2 Å². The molecule has 2 heterocycles. The summed E-state index contributed by atoms with van der Waals surface area (Å²) >= 11 is 0. The third kappa shape index (κ3) is 9.72. The molecule has 5 rings (SSSR count). The Morgan fingerprint density at radius 3 is 2.04 bits per heavy atom. The van der Waals surface area contributed by atoms with E-state index in [4.69, 9.17) is 14.2 Å². The first kappa shape index (κ1) is 37.0. The zero-order valence-corrected chi connectivity index (χ0v) is 29.6. The number of carbonyl (C=O) groups excluding carboxylic acids is 1. The highest BCUT2D eigenvalue weighted by Crippen LogP contribution is 2.30. The Balaban J connectivity index is 1.40. The van der Waals surface area contributed by atoms with Gasteiger partial charge in [-0.3, -0.25) is 9.59 Å². The van der Waals surface area contributed by atoms with Gasteiger partial charge in [-0.25, -0.2) is 13.3 Å². The molecule has 3 aromatic carbocycles. The van der Waals surface area contributed by atoms with Crippen molar-refractivity contribution in [2.75, 3.05) is 31.3 Å². The first-order chi connectivity index (χ1) is 24.8. The van der Waals surface area contributed by atoms with E-state index in [1.807, 2.05) is 32.0 Å². The normalized spacial score (nSPS) is 11.1. The average molecular weight is 699 g/mol. The van der Waals surface area contributed by atoms with Gasteiger partial charge in [-0.15, -0.1) is 0 Å². The summed E-state index contributed by atoms with van der Waals surface area (Å²) in [5, 5.41) is 0.281. The highest BCUT2D eigenvalue weighted by atomic mass is 19.1. The number of nitrogens with zero attached hydrogens (tertiary/aromatic N) is 3. The summed E-state index contributed by atoms with van der Waals surface area (Å²) in [7, 11) is 0. The standard InChI is InChI=1S/C41H46F2N3O5/c1-4-45(32-23-30(42)22-31(43)24-32)41(48)38-29-46(33-25-35(49-5-2)27-36(26-33)50-6-3)39-28-34(16-17-37(39)40(38)47)51-21-15-10-8-7-9-12-18-44-19-13-11-14-20-44/h11,13-14,16-17,19-20,22-29H,4-10,12,15,18,21H2,1-3H3/q+1. The van der Waals surface area contributed by atoms with Crippen LogP contribution in [0.15, 0.2) is 96.2 Å². The Morgan fingerprint density at radius 1 is 0.745 bits per heavy atom. The van der Waals surface area contributed by atoms with E-state index in [1.54, 1.807) is 47.9 Å². The van der Waals surface area contributed by atoms with Crippen LogP contribution < -0.4 is 29.1 Å². The molecule has 0 atom stereocenters. The second kappa shape index (κ2) is 18.1. The first-order valence-electron chi connectivity index (χ1n) is 17.8. The van der Waals surface area contributed by atoms with Crippen LogP contribution in [0.3, 0.4) is 0 Å². The third-order valence-corrected chi connectivity index (χ3v) is 8.55. The van der Waals surface area contributed by atoms with Crippen LogP contribution in [0, 0.1) is 11.6 Å². The smallest absolute Gasteiger partial charge is 0.263 e. The molecule has 1 amide bonds. The predicted molar refractivity (Wildman–Crippen MR) is 195 cm³/mol. The Morgan fingerprint density at radius 2 is 1.39 bits per heavy atom. The minimum absolute atomic E-state index is 0.0120. The van der Waals surface area contributed by atoms with E-state index in [9.17, 15) is 18.4 Å². The van der Waals surface area contributed by atoms with Gasteiger partial charge in [-0.05, 0) is 57.9 Å². The molecule has 0 saturated carbocycles. The van der Waals surface area contributed by atoms with E-state index in [0.29, 0.717) is 48.3 Å². The van der Waals surface area contributed by atoms with Crippen LogP contribution in [-0.2, 0) is 6.54 Å². The lowest BCUT2D eigenvalue weighted by Gasteiger charge is -2.22. The number of hydrogen-bond acceptors (Lipinski definition) is 5. The van der Waals surface area contributed by atoms with Gasteiger partial charge < -0.3 is 23.7 Å². The summed E-state index contributed by atoms with van der Waals surface area (Å²) in [4.78, 5) is 29.2. The SMILES string of the molecule is CCOc1cc(OCC)cc(-n2cc(C(=O)N(CC)c3cc(F)cc(F)c3)c(=O)c3ccc(OCCCCCCCC[n+]4ccccc4)cc32)c1. The Labute approximate surface area is 297 Å². The quantitative estimate of drug-likeness (QED) is 0.0679. The Kier molecular flexibility index (Phi) is 13.2. The molecule has 0 N–H and O–H groups in total. The Bertz CT molecular complexity index is 1940. The predicted octanol–water partition coefficient (Wildman–Crippen LogP) is 8.44. The maximum Gasteiger partial charge on any atom is 0.263 e. The van der Waals surface area contributed by atoms with Gasteiger partial charge in [0.1, 0.15) is 41.0 Å². The van der Waals surface area contributed by atoms with Gasteiger partial charge in [0.05, 0.1) is 31.0 Å². The number of fused-ring (bicyclic) bond motifs is 1. The molecule has 2 aromatic heterocycles. The molecule has 0 fully saturated rings. The summed E-state index contributed by atoms with van der Waals surface area (Å²) in [5.74, 6) is -0.646. The molecule has 0 saturated heterocycles. The van der Waals surface area contributed by atoms with Gasteiger partial charge >= 0.3 is 0 Å². The number of rotatable bonds is 18. The number of ether oxygens (including phenoxy) is 3. The van der Waals surface area contributed by atoms with Gasteiger partial charge in [-0.2, -0.15) is 0 Å². The topological polar surface area (TPSA) is 73.9 Å². The van der Waals surface area contributed by atoms with Crippen molar-refractivity contribution in [1.82, 2.24) is 4.57 Å². The summed E-state index contributed by atoms with van der Waals surface area (Å²) in [6, 6.07) is 19.5. The maximum absolute atomic E-state index is 14.2. The van der Waals surface area contributed by atoms with E-state index in [1.165, 1.54) is 23.9 Å². The van der Waals surface area contributed by atoms with Crippen molar-refractivity contribution in [3.8, 4) is 22.9 Å². The fraction of sp³-hybridized carbons (Fsp3) is 0.341. The zero-order chi connectivity index (χ0) is 36.2. The zero-order valence-electron chi connectivity index (χ0n) is 29.6. The van der Waals surface area contributed by atoms with Gasteiger partial charge in [0.2, 0.25) is 5.43 Å². The van der Waals surface area contributed by atoms with Crippen LogP contribution in [0.4, 0.5) is 14.5 Å². The molecule has 0 unspecified atom stereocenters. The molecule has 0 radical (unpaired) electrons. The van der Waals surface area contributed by atoms with Crippen molar-refractivity contribution in [2.45, 2.75) is 65.8 Å². The highest BCUT2D eigenvalue weighted by molar-refractivity contribution is 6.07. The summed E-state index contributed by atoms with van der Waals surface area (Å²) in [5.41, 5.74) is 0.444. The molecule has 0 aliphatic carbocycles. The van der Waals surface area contributed by atoms with Gasteiger partial charge in [0.25, 0.3) is 5.91 Å². The molecule has 51 heavy (non-hydrogen) atoms. The number of aromatic nitrogens is 2. The fourth-order valence-electron chi connectivity index (χ4n) is 6.12. The summed E-state index contributed by atoms with van der Waals surface area (Å²) < 4.78 is 50.1. The highest BCUT2D eigenvalue weighted by Gasteiger charge is 2.24. The summed E-state index contributed by atoms with van der Waals surface area (Å²) in [6.45, 7) is 7.90. The third-order valence-electron chi connectivity index (χ3n) is 8.55. The number of amides is 1. The van der Waals surface area contributed by atoms with Gasteiger partial charge in [0.15, 0.2) is 12.4 Å². The molecule has 0 spiro atoms. The molecule has 268 valence electrons. The maximum atomic E-state index is 14.2. The van der Waals surface area contributed by atoms with Crippen molar-refractivity contribution in [3.63, 3.8) is 0 Å². The largest absolute Gasteiger partial charge is 0.494 e. The molecule has 5 aromatic rings. The van der Waals surface area contributed by atoms with Crippen molar-refractivity contribution in [2.24, 2.45) is 0 Å². The van der Waals surface area contributed by atoms with Crippen LogP contribution in [-0.4, -0.2) is 36.8 Å². The second-order valence-corrected chi connectivity index (χ2v) is 12.2. The molecule has 0 aliphatic rings. The second-order valence-electron chi connectivity index (χ2n) is 12.2. The number of aryl methyl sites for hydroxylation is 1. The lowest BCUT2D eigenvalue weighted by Crippen LogP contribution is -2.35. The number of halogens is 2. The monoisotopic (exact) mass is 698 g/mol. The number of unbranched alkanes of at least 4 members (excludes halogenated alkanes) is 5. The minimum Gasteiger partial charge on any atom is -0.494 e. The average Bonchev–Trinajstić information content (AvgIpc) is 3.11. The molecule has 10 heteroatoms. The lowest BCUT2D eigenvalue weighted by molar-refractivity contribution is -0.697. The number of hydrogen-bond donors (Lipinski definition) is 0. The van der Waals surface area contributed by atoms with E-state index < -0.39 is 23.0 Å². The van der Waals surface area contributed by atoms with E-state index in [0.717, 1.165) is 50.4 Å². The van der Waals surface area contributed by atoms with Crippen LogP contribution >= 0.6 is 0 Å². The molecular formula is C41H46F2N3O5+. The fourth-order valence-corrected chi connectivity index (χ4v) is 6.12. The first-order valence-corrected chi connectivity index (χ1v) is 17.8. The van der Waals surface area contributed by atoms with Crippen molar-refractivity contribution >= 4 is 22.5 Å². The van der Waals surface area contributed by atoms with Crippen molar-refractivity contribution in [1.29, 1.82) is 0 Å². The summed E-state index contributed by atoms with van der Waals surface area (Å²) in [6.07, 6.45) is 12.2. The minimum atomic E-state index is -0.825. The van der Waals surface area contributed by atoms with E-state index >= 15 is 0 Å². The van der Waals surface area contributed by atoms with Crippen LogP contribution in [0.5, 0.6) is 17.2 Å². The van der Waals surface area contributed by atoms with Crippen molar-refractivity contribution in [3.05, 3.63) is 119 Å². The Hall–Kier alpha value is -5.25. The van der Waals surface area contributed by atoms with Crippen LogP contribution in [0.2, 0.25) is 0 Å². The number of pyridine rings is 2.